The molecule has 0 unspecified atom stereocenters. The highest BCUT2D eigenvalue weighted by Crippen LogP contribution is 2.28. The van der Waals surface area contributed by atoms with Gasteiger partial charge >= 0.3 is 0 Å². The molecule has 0 aliphatic heterocycles. The first kappa shape index (κ1) is 26.2. The number of ether oxygens (including phenoxy) is 2. The summed E-state index contributed by atoms with van der Waals surface area (Å²) in [5.41, 5.74) is 4.25. The molecule has 0 saturated heterocycles. The number of halogens is 1. The highest BCUT2D eigenvalue weighted by Gasteiger charge is 2.15. The van der Waals surface area contributed by atoms with E-state index in [-0.39, 0.29) is 5.70 Å². The molecule has 0 saturated carbocycles. The zero-order chi connectivity index (χ0) is 26.9. The van der Waals surface area contributed by atoms with Crippen LogP contribution in [-0.2, 0) is 4.79 Å². The van der Waals surface area contributed by atoms with Gasteiger partial charge in [0.05, 0.1) is 20.4 Å². The van der Waals surface area contributed by atoms with E-state index in [2.05, 4.69) is 15.8 Å². The lowest BCUT2D eigenvalue weighted by Crippen LogP contribution is -2.32. The third kappa shape index (κ3) is 6.68. The average molecular weight is 530 g/mol. The maximum Gasteiger partial charge on any atom is 0.287 e. The van der Waals surface area contributed by atoms with Crippen LogP contribution < -0.4 is 20.2 Å². The molecule has 8 nitrogen and oxygen atoms in total. The van der Waals surface area contributed by atoms with Crippen molar-refractivity contribution in [1.82, 2.24) is 10.7 Å². The Morgan fingerprint density at radius 3 is 2.34 bits per heavy atom. The Morgan fingerprint density at radius 1 is 0.895 bits per heavy atom. The van der Waals surface area contributed by atoms with Crippen LogP contribution in [0.5, 0.6) is 11.5 Å². The van der Waals surface area contributed by atoms with Crippen LogP contribution in [0, 0.1) is 0 Å². The summed E-state index contributed by atoms with van der Waals surface area (Å²) in [6, 6.07) is 24.4. The first-order valence-corrected chi connectivity index (χ1v) is 11.8. The smallest absolute Gasteiger partial charge is 0.287 e. The van der Waals surface area contributed by atoms with Crippen molar-refractivity contribution in [3.8, 4) is 22.8 Å². The maximum absolute atomic E-state index is 13.0. The molecular formula is C29H24ClN3O5. The lowest BCUT2D eigenvalue weighted by Gasteiger charge is -2.11. The summed E-state index contributed by atoms with van der Waals surface area (Å²) < 4.78 is 16.4. The summed E-state index contributed by atoms with van der Waals surface area (Å²) in [5, 5.41) is 7.27. The van der Waals surface area contributed by atoms with E-state index in [0.29, 0.717) is 39.2 Å². The van der Waals surface area contributed by atoms with Gasteiger partial charge in [0.25, 0.3) is 11.8 Å². The van der Waals surface area contributed by atoms with E-state index in [4.69, 9.17) is 25.5 Å². The molecular weight excluding hydrogens is 506 g/mol. The van der Waals surface area contributed by atoms with Gasteiger partial charge in [-0.05, 0) is 72.3 Å². The van der Waals surface area contributed by atoms with E-state index in [1.165, 1.54) is 26.5 Å². The van der Waals surface area contributed by atoms with Crippen LogP contribution in [-0.4, -0.2) is 32.2 Å². The zero-order valence-corrected chi connectivity index (χ0v) is 21.4. The predicted octanol–water partition coefficient (Wildman–Crippen LogP) is 5.54. The van der Waals surface area contributed by atoms with Gasteiger partial charge in [0, 0.05) is 16.1 Å². The van der Waals surface area contributed by atoms with Gasteiger partial charge in [-0.2, -0.15) is 5.10 Å². The number of hydrogen-bond donors (Lipinski definition) is 2. The zero-order valence-electron chi connectivity index (χ0n) is 20.6. The number of furan rings is 1. The van der Waals surface area contributed by atoms with Gasteiger partial charge in [-0.1, -0.05) is 35.9 Å². The van der Waals surface area contributed by atoms with E-state index in [1.54, 1.807) is 72.8 Å². The second-order valence-electron chi connectivity index (χ2n) is 7.90. The highest BCUT2D eigenvalue weighted by atomic mass is 35.5. The Hall–Kier alpha value is -4.82. The van der Waals surface area contributed by atoms with Gasteiger partial charge in [0.1, 0.15) is 17.2 Å². The monoisotopic (exact) mass is 529 g/mol. The molecule has 38 heavy (non-hydrogen) atoms. The van der Waals surface area contributed by atoms with Gasteiger partial charge in [0.15, 0.2) is 11.5 Å². The molecule has 0 radical (unpaired) electrons. The number of nitrogens with zero attached hydrogens (tertiary/aromatic N) is 1. The number of carbonyl (C=O) groups excluding carboxylic acids is 2. The number of hydrogen-bond acceptors (Lipinski definition) is 6. The van der Waals surface area contributed by atoms with Crippen LogP contribution in [0.4, 0.5) is 0 Å². The van der Waals surface area contributed by atoms with Crippen molar-refractivity contribution < 1.29 is 23.5 Å². The standard InChI is InChI=1S/C29H24ClN3O5/c1-36-26-14-8-19(17-27(26)37-2)16-24(32-28(34)21-6-4-3-5-7-21)29(35)33-31-18-23-13-15-25(38-23)20-9-11-22(30)12-10-20/h3-18H,1-2H3,(H,32,34)(H,33,35). The fourth-order valence-corrected chi connectivity index (χ4v) is 3.58. The Kier molecular flexibility index (Phi) is 8.58. The number of hydrazone groups is 1. The first-order chi connectivity index (χ1) is 18.5. The van der Waals surface area contributed by atoms with E-state index in [1.807, 2.05) is 12.1 Å². The summed E-state index contributed by atoms with van der Waals surface area (Å²) in [7, 11) is 3.04. The van der Waals surface area contributed by atoms with Crippen molar-refractivity contribution in [1.29, 1.82) is 0 Å². The summed E-state index contributed by atoms with van der Waals surface area (Å²) in [6.07, 6.45) is 2.88. The molecule has 0 spiro atoms. The van der Waals surface area contributed by atoms with Crippen LogP contribution in [0.2, 0.25) is 5.02 Å². The van der Waals surface area contributed by atoms with Crippen molar-refractivity contribution in [2.24, 2.45) is 5.10 Å². The third-order valence-electron chi connectivity index (χ3n) is 5.36. The number of carbonyl (C=O) groups is 2. The minimum atomic E-state index is -0.634. The molecule has 9 heteroatoms. The van der Waals surface area contributed by atoms with Crippen LogP contribution in [0.1, 0.15) is 21.7 Å². The molecule has 0 fully saturated rings. The predicted molar refractivity (Wildman–Crippen MR) is 146 cm³/mol. The largest absolute Gasteiger partial charge is 0.493 e. The van der Waals surface area contributed by atoms with Gasteiger partial charge in [-0.25, -0.2) is 5.43 Å². The topological polar surface area (TPSA) is 102 Å². The second kappa shape index (κ2) is 12.4. The molecule has 0 aliphatic carbocycles. The molecule has 0 atom stereocenters. The molecule has 192 valence electrons. The molecule has 3 aromatic carbocycles. The van der Waals surface area contributed by atoms with Crippen molar-refractivity contribution in [3.63, 3.8) is 0 Å². The lowest BCUT2D eigenvalue weighted by molar-refractivity contribution is -0.117. The lowest BCUT2D eigenvalue weighted by atomic mass is 10.1. The number of amides is 2. The van der Waals surface area contributed by atoms with Crippen LogP contribution >= 0.6 is 11.6 Å². The number of methoxy groups -OCH3 is 2. The minimum Gasteiger partial charge on any atom is -0.493 e. The fourth-order valence-electron chi connectivity index (χ4n) is 3.46. The van der Waals surface area contributed by atoms with Crippen LogP contribution in [0.3, 0.4) is 0 Å². The Labute approximate surface area is 224 Å². The fraction of sp³-hybridized carbons (Fsp3) is 0.0690. The van der Waals surface area contributed by atoms with Gasteiger partial charge < -0.3 is 19.2 Å². The number of rotatable bonds is 9. The number of benzene rings is 3. The quantitative estimate of drug-likeness (QED) is 0.168. The van der Waals surface area contributed by atoms with E-state index in [0.717, 1.165) is 5.56 Å². The summed E-state index contributed by atoms with van der Waals surface area (Å²) in [4.78, 5) is 25.8. The molecule has 0 aliphatic rings. The van der Waals surface area contributed by atoms with E-state index >= 15 is 0 Å². The SMILES string of the molecule is COc1ccc(C=C(NC(=O)c2ccccc2)C(=O)NN=Cc2ccc(-c3ccc(Cl)cc3)o2)cc1OC. The molecule has 4 rings (SSSR count). The van der Waals surface area contributed by atoms with Crippen LogP contribution in [0.15, 0.2) is 100 Å². The second-order valence-corrected chi connectivity index (χ2v) is 8.34. The van der Waals surface area contributed by atoms with Crippen LogP contribution in [0.25, 0.3) is 17.4 Å². The van der Waals surface area contributed by atoms with Gasteiger partial charge in [-0.3, -0.25) is 9.59 Å². The Bertz CT molecular complexity index is 1480. The van der Waals surface area contributed by atoms with Crippen molar-refractivity contribution in [2.45, 2.75) is 0 Å². The Balaban J connectivity index is 1.53. The highest BCUT2D eigenvalue weighted by molar-refractivity contribution is 6.30. The Morgan fingerprint density at radius 2 is 1.63 bits per heavy atom. The van der Waals surface area contributed by atoms with E-state index in [9.17, 15) is 9.59 Å². The average Bonchev–Trinajstić information content (AvgIpc) is 3.42. The maximum atomic E-state index is 13.0. The first-order valence-electron chi connectivity index (χ1n) is 11.5. The molecule has 2 N–H and O–H groups in total. The third-order valence-corrected chi connectivity index (χ3v) is 5.61. The number of nitrogens with one attached hydrogen (secondary N) is 2. The minimum absolute atomic E-state index is 0.0236. The van der Waals surface area contributed by atoms with Gasteiger partial charge in [0.2, 0.25) is 0 Å². The van der Waals surface area contributed by atoms with Crippen molar-refractivity contribution in [2.75, 3.05) is 14.2 Å². The summed E-state index contributed by atoms with van der Waals surface area (Å²) >= 11 is 5.94. The van der Waals surface area contributed by atoms with Gasteiger partial charge in [-0.15, -0.1) is 0 Å². The summed E-state index contributed by atoms with van der Waals surface area (Å²) in [6.45, 7) is 0. The molecule has 1 aromatic heterocycles. The molecule has 1 heterocycles. The molecule has 2 amide bonds. The van der Waals surface area contributed by atoms with Crippen molar-refractivity contribution >= 4 is 35.7 Å². The van der Waals surface area contributed by atoms with Crippen molar-refractivity contribution in [3.05, 3.63) is 113 Å². The molecule has 0 bridgehead atoms. The molecule has 4 aromatic rings. The summed E-state index contributed by atoms with van der Waals surface area (Å²) in [5.74, 6) is 0.972. The van der Waals surface area contributed by atoms with E-state index < -0.39 is 11.8 Å². The normalized spacial score (nSPS) is 11.3.